The van der Waals surface area contributed by atoms with Crippen molar-refractivity contribution in [2.75, 3.05) is 27.4 Å². The van der Waals surface area contributed by atoms with Gasteiger partial charge in [-0.25, -0.2) is 9.59 Å². The van der Waals surface area contributed by atoms with Gasteiger partial charge in [-0.1, -0.05) is 0 Å². The maximum absolute atomic E-state index is 12.4. The number of guanidine groups is 1. The quantitative estimate of drug-likeness (QED) is 0.0809. The zero-order chi connectivity index (χ0) is 25.4. The van der Waals surface area contributed by atoms with Crippen LogP contribution in [0.15, 0.2) is 12.1 Å². The largest absolute Gasteiger partial charge is 0.493 e. The molecule has 0 aromatic heterocycles. The first-order chi connectivity index (χ1) is 16.1. The maximum atomic E-state index is 12.4. The number of carboxylic acids is 1. The van der Waals surface area contributed by atoms with E-state index in [9.17, 15) is 30.0 Å². The summed E-state index contributed by atoms with van der Waals surface area (Å²) in [5.74, 6) is -2.59. The van der Waals surface area contributed by atoms with E-state index in [1.54, 1.807) is 0 Å². The first kappa shape index (κ1) is 26.9. The van der Waals surface area contributed by atoms with Gasteiger partial charge in [-0.3, -0.25) is 5.41 Å². The van der Waals surface area contributed by atoms with Crippen molar-refractivity contribution in [3.05, 3.63) is 17.7 Å². The number of unbranched alkanes of at least 4 members (excludes halogenated alkanes) is 1. The molecule has 14 nitrogen and oxygen atoms in total. The lowest BCUT2D eigenvalue weighted by molar-refractivity contribution is -0.271. The molecule has 0 bridgehead atoms. The minimum absolute atomic E-state index is 0.0276. The number of aliphatic hydroxyl groups excluding tert-OH is 3. The molecule has 1 aromatic carbocycles. The Labute approximate surface area is 194 Å². The molecule has 0 unspecified atom stereocenters. The third-order valence-corrected chi connectivity index (χ3v) is 4.86. The molecule has 2 rings (SSSR count). The van der Waals surface area contributed by atoms with Crippen LogP contribution in [0.1, 0.15) is 23.2 Å². The summed E-state index contributed by atoms with van der Waals surface area (Å²) in [6, 6.07) is 2.57. The van der Waals surface area contributed by atoms with E-state index in [0.29, 0.717) is 19.4 Å². The summed E-state index contributed by atoms with van der Waals surface area (Å²) in [6.07, 6.45) is -7.97. The van der Waals surface area contributed by atoms with Crippen LogP contribution in [0.3, 0.4) is 0 Å². The number of carbonyl (C=O) groups excluding carboxylic acids is 1. The molecule has 1 aliphatic heterocycles. The van der Waals surface area contributed by atoms with E-state index in [0.717, 1.165) is 0 Å². The van der Waals surface area contributed by atoms with Crippen LogP contribution in [0, 0.1) is 5.41 Å². The highest BCUT2D eigenvalue weighted by Gasteiger charge is 2.48. The fraction of sp³-hybridized carbons (Fsp3) is 0.550. The summed E-state index contributed by atoms with van der Waals surface area (Å²) in [5, 5.41) is 48.9. The molecule has 1 fully saturated rings. The van der Waals surface area contributed by atoms with E-state index in [1.165, 1.54) is 26.4 Å². The van der Waals surface area contributed by atoms with Crippen LogP contribution in [0.2, 0.25) is 0 Å². The number of aliphatic hydroxyl groups is 3. The standard InChI is InChI=1S/C20H29N3O11/c1-30-10-7-9(18(29)32-6-4-3-5-23-20(21)22)8-11(31-2)15(10)33-19-14(26)12(24)13(25)16(34-19)17(27)28/h7-8,12-14,16,19,24-26H,3-6H2,1-2H3,(H,27,28)(H4,21,22,23)/t12-,13-,14+,16-,19+/m0/s1. The normalized spacial score (nSPS) is 24.1. The minimum Gasteiger partial charge on any atom is -0.493 e. The number of nitrogens with one attached hydrogen (secondary N) is 2. The van der Waals surface area contributed by atoms with Crippen LogP contribution in [0.4, 0.5) is 0 Å². The van der Waals surface area contributed by atoms with Crippen LogP contribution in [-0.2, 0) is 14.3 Å². The number of carboxylic acid groups (broad SMARTS) is 1. The van der Waals surface area contributed by atoms with E-state index < -0.39 is 42.6 Å². The summed E-state index contributed by atoms with van der Waals surface area (Å²) in [7, 11) is 2.55. The fourth-order valence-corrected chi connectivity index (χ4v) is 3.08. The van der Waals surface area contributed by atoms with Crippen molar-refractivity contribution in [1.29, 1.82) is 5.41 Å². The molecule has 1 saturated heterocycles. The third-order valence-electron chi connectivity index (χ3n) is 4.86. The first-order valence-corrected chi connectivity index (χ1v) is 10.2. The van der Waals surface area contributed by atoms with Crippen molar-refractivity contribution in [2.24, 2.45) is 5.73 Å². The lowest BCUT2D eigenvalue weighted by atomic mass is 9.99. The Bertz CT molecular complexity index is 856. The van der Waals surface area contributed by atoms with Crippen molar-refractivity contribution in [3.8, 4) is 17.2 Å². The predicted molar refractivity (Wildman–Crippen MR) is 114 cm³/mol. The van der Waals surface area contributed by atoms with E-state index in [4.69, 9.17) is 34.8 Å². The Morgan fingerprint density at radius 3 is 2.24 bits per heavy atom. The molecule has 8 N–H and O–H groups in total. The number of aliphatic carboxylic acids is 1. The highest BCUT2D eigenvalue weighted by atomic mass is 16.7. The average molecular weight is 487 g/mol. The number of esters is 1. The summed E-state index contributed by atoms with van der Waals surface area (Å²) in [5.41, 5.74) is 5.24. The SMILES string of the molecule is COc1cc(C(=O)OCCCCNC(=N)N)cc(OC)c1O[C@@H]1O[C@H](C(=O)O)[C@@H](O)[C@H](O)[C@H]1O. The van der Waals surface area contributed by atoms with Gasteiger partial charge in [0.15, 0.2) is 23.6 Å². The van der Waals surface area contributed by atoms with Gasteiger partial charge in [0.25, 0.3) is 0 Å². The van der Waals surface area contributed by atoms with E-state index in [2.05, 4.69) is 5.32 Å². The monoisotopic (exact) mass is 487 g/mol. The number of hydrogen-bond donors (Lipinski definition) is 7. The van der Waals surface area contributed by atoms with Gasteiger partial charge in [0.2, 0.25) is 12.0 Å². The lowest BCUT2D eigenvalue weighted by Crippen LogP contribution is -2.61. The van der Waals surface area contributed by atoms with Gasteiger partial charge in [-0.2, -0.15) is 0 Å². The molecular weight excluding hydrogens is 458 g/mol. The van der Waals surface area contributed by atoms with E-state index in [-0.39, 0.29) is 35.4 Å². The van der Waals surface area contributed by atoms with Gasteiger partial charge in [-0.15, -0.1) is 0 Å². The number of rotatable bonds is 11. The molecular formula is C20H29N3O11. The second-order valence-electron chi connectivity index (χ2n) is 7.25. The summed E-state index contributed by atoms with van der Waals surface area (Å²) in [4.78, 5) is 23.7. The van der Waals surface area contributed by atoms with Crippen LogP contribution in [-0.4, -0.2) is 96.4 Å². The number of benzene rings is 1. The Hall–Kier alpha value is -3.33. The van der Waals surface area contributed by atoms with Crippen LogP contribution < -0.4 is 25.3 Å². The van der Waals surface area contributed by atoms with Crippen molar-refractivity contribution < 1.29 is 53.7 Å². The highest BCUT2D eigenvalue weighted by Crippen LogP contribution is 2.40. The molecule has 5 atom stereocenters. The zero-order valence-electron chi connectivity index (χ0n) is 18.6. The zero-order valence-corrected chi connectivity index (χ0v) is 18.6. The Morgan fingerprint density at radius 2 is 1.71 bits per heavy atom. The molecule has 0 spiro atoms. The Balaban J connectivity index is 2.14. The second kappa shape index (κ2) is 12.2. The molecule has 1 heterocycles. The minimum atomic E-state index is -1.88. The Kier molecular flexibility index (Phi) is 9.68. The van der Waals surface area contributed by atoms with Gasteiger partial charge in [0, 0.05) is 6.54 Å². The highest BCUT2D eigenvalue weighted by molar-refractivity contribution is 5.91. The number of nitrogens with two attached hydrogens (primary N) is 1. The van der Waals surface area contributed by atoms with Crippen molar-refractivity contribution >= 4 is 17.9 Å². The van der Waals surface area contributed by atoms with Gasteiger partial charge < -0.3 is 55.2 Å². The smallest absolute Gasteiger partial charge is 0.338 e. The fourth-order valence-electron chi connectivity index (χ4n) is 3.08. The predicted octanol–water partition coefficient (Wildman–Crippen LogP) is -1.61. The van der Waals surface area contributed by atoms with Crippen LogP contribution >= 0.6 is 0 Å². The Morgan fingerprint density at radius 1 is 1.09 bits per heavy atom. The van der Waals surface area contributed by atoms with Crippen molar-refractivity contribution in [1.82, 2.24) is 5.32 Å². The average Bonchev–Trinajstić information content (AvgIpc) is 2.80. The number of hydrogen-bond acceptors (Lipinski definition) is 11. The van der Waals surface area contributed by atoms with Crippen LogP contribution in [0.25, 0.3) is 0 Å². The number of methoxy groups -OCH3 is 2. The second-order valence-corrected chi connectivity index (χ2v) is 7.25. The van der Waals surface area contributed by atoms with E-state index >= 15 is 0 Å². The molecule has 190 valence electrons. The summed E-state index contributed by atoms with van der Waals surface area (Å²) < 4.78 is 26.4. The number of ether oxygens (including phenoxy) is 5. The van der Waals surface area contributed by atoms with Gasteiger partial charge in [-0.05, 0) is 25.0 Å². The molecule has 14 heteroatoms. The summed E-state index contributed by atoms with van der Waals surface area (Å²) in [6.45, 7) is 0.574. The lowest BCUT2D eigenvalue weighted by Gasteiger charge is -2.38. The molecule has 0 saturated carbocycles. The van der Waals surface area contributed by atoms with Gasteiger partial charge >= 0.3 is 11.9 Å². The first-order valence-electron chi connectivity index (χ1n) is 10.2. The molecule has 1 aliphatic rings. The molecule has 0 aliphatic carbocycles. The van der Waals surface area contributed by atoms with E-state index in [1.807, 2.05) is 0 Å². The summed E-state index contributed by atoms with van der Waals surface area (Å²) >= 11 is 0. The van der Waals surface area contributed by atoms with Gasteiger partial charge in [0.05, 0.1) is 26.4 Å². The topological polar surface area (TPSA) is 223 Å². The molecule has 0 radical (unpaired) electrons. The number of carbonyl (C=O) groups is 2. The maximum Gasteiger partial charge on any atom is 0.338 e. The van der Waals surface area contributed by atoms with Crippen molar-refractivity contribution in [3.63, 3.8) is 0 Å². The molecule has 0 amide bonds. The van der Waals surface area contributed by atoms with Crippen molar-refractivity contribution in [2.45, 2.75) is 43.5 Å². The third kappa shape index (κ3) is 6.60. The molecule has 34 heavy (non-hydrogen) atoms. The van der Waals surface area contributed by atoms with Crippen LogP contribution in [0.5, 0.6) is 17.2 Å². The molecule has 1 aromatic rings. The van der Waals surface area contributed by atoms with Gasteiger partial charge in [0.1, 0.15) is 18.3 Å².